The van der Waals surface area contributed by atoms with E-state index in [4.69, 9.17) is 0 Å². The van der Waals surface area contributed by atoms with Crippen molar-refractivity contribution in [3.8, 4) is 0 Å². The molecule has 1 fully saturated rings. The van der Waals surface area contributed by atoms with Crippen LogP contribution in [0.25, 0.3) is 0 Å². The summed E-state index contributed by atoms with van der Waals surface area (Å²) in [7, 11) is 0. The lowest BCUT2D eigenvalue weighted by atomic mass is 9.79. The summed E-state index contributed by atoms with van der Waals surface area (Å²) in [5.41, 5.74) is 0. The van der Waals surface area contributed by atoms with Gasteiger partial charge in [-0.3, -0.25) is 4.79 Å². The molecule has 0 amide bonds. The van der Waals surface area contributed by atoms with E-state index in [1.54, 1.807) is 0 Å². The van der Waals surface area contributed by atoms with Crippen LogP contribution in [0, 0.1) is 11.8 Å². The molecule has 0 aliphatic heterocycles. The molecule has 1 nitrogen and oxygen atoms in total. The highest BCUT2D eigenvalue weighted by Gasteiger charge is 2.20. The van der Waals surface area contributed by atoms with Crippen molar-refractivity contribution in [2.24, 2.45) is 11.8 Å². The van der Waals surface area contributed by atoms with E-state index in [0.717, 1.165) is 37.5 Å². The second-order valence-electron chi connectivity index (χ2n) is 5.12. The molecule has 0 radical (unpaired) electrons. The summed E-state index contributed by atoms with van der Waals surface area (Å²) in [5, 5.41) is 0. The first-order chi connectivity index (χ1) is 7.26. The van der Waals surface area contributed by atoms with Crippen molar-refractivity contribution >= 4 is 5.78 Å². The minimum absolute atomic E-state index is 0.482. The quantitative estimate of drug-likeness (QED) is 0.637. The van der Waals surface area contributed by atoms with Gasteiger partial charge in [0.05, 0.1) is 0 Å². The van der Waals surface area contributed by atoms with Gasteiger partial charge in [-0.05, 0) is 24.7 Å². The van der Waals surface area contributed by atoms with Crippen LogP contribution in [0.3, 0.4) is 0 Å². The molecule has 0 saturated heterocycles. The highest BCUT2D eigenvalue weighted by atomic mass is 16.1. The predicted molar refractivity (Wildman–Crippen MR) is 64.9 cm³/mol. The Labute approximate surface area is 94.6 Å². The fraction of sp³-hybridized carbons (Fsp3) is 0.929. The van der Waals surface area contributed by atoms with Gasteiger partial charge < -0.3 is 0 Å². The first kappa shape index (κ1) is 12.7. The molecule has 0 heterocycles. The first-order valence-corrected chi connectivity index (χ1v) is 6.77. The van der Waals surface area contributed by atoms with Crippen LogP contribution in [0.5, 0.6) is 0 Å². The Morgan fingerprint density at radius 1 is 1.00 bits per heavy atom. The van der Waals surface area contributed by atoms with Gasteiger partial charge in [-0.1, -0.05) is 46.0 Å². The van der Waals surface area contributed by atoms with Crippen LogP contribution >= 0.6 is 0 Å². The van der Waals surface area contributed by atoms with Crippen molar-refractivity contribution in [1.29, 1.82) is 0 Å². The zero-order chi connectivity index (χ0) is 11.1. The fourth-order valence-corrected chi connectivity index (χ4v) is 2.70. The molecule has 1 saturated carbocycles. The van der Waals surface area contributed by atoms with Gasteiger partial charge in [0.25, 0.3) is 0 Å². The second-order valence-corrected chi connectivity index (χ2v) is 5.12. The Kier molecular flexibility index (Phi) is 5.97. The minimum atomic E-state index is 0.482. The number of rotatable bonds is 6. The van der Waals surface area contributed by atoms with E-state index in [-0.39, 0.29) is 0 Å². The van der Waals surface area contributed by atoms with Gasteiger partial charge in [0.2, 0.25) is 0 Å². The van der Waals surface area contributed by atoms with Gasteiger partial charge in [0, 0.05) is 12.8 Å². The van der Waals surface area contributed by atoms with Gasteiger partial charge >= 0.3 is 0 Å². The van der Waals surface area contributed by atoms with E-state index in [9.17, 15) is 4.79 Å². The molecular formula is C14H26O. The number of Topliss-reactive ketones (excluding diaryl/α,β-unsaturated/α-hetero) is 1. The van der Waals surface area contributed by atoms with Gasteiger partial charge in [0.15, 0.2) is 0 Å². The van der Waals surface area contributed by atoms with E-state index in [0.29, 0.717) is 5.78 Å². The van der Waals surface area contributed by atoms with Crippen molar-refractivity contribution in [3.63, 3.8) is 0 Å². The van der Waals surface area contributed by atoms with E-state index in [1.165, 1.54) is 32.1 Å². The number of carbonyl (C=O) groups is 1. The number of hydrogen-bond donors (Lipinski definition) is 0. The number of hydrogen-bond acceptors (Lipinski definition) is 1. The third-order valence-corrected chi connectivity index (χ3v) is 3.90. The summed E-state index contributed by atoms with van der Waals surface area (Å²) < 4.78 is 0. The zero-order valence-electron chi connectivity index (χ0n) is 10.4. The molecule has 0 spiro atoms. The topological polar surface area (TPSA) is 17.1 Å². The van der Waals surface area contributed by atoms with Crippen molar-refractivity contribution in [1.82, 2.24) is 0 Å². The molecule has 0 atom stereocenters. The Morgan fingerprint density at radius 3 is 2.13 bits per heavy atom. The summed E-state index contributed by atoms with van der Waals surface area (Å²) in [6, 6.07) is 0. The third kappa shape index (κ3) is 4.81. The first-order valence-electron chi connectivity index (χ1n) is 6.77. The maximum Gasteiger partial charge on any atom is 0.132 e. The van der Waals surface area contributed by atoms with E-state index < -0.39 is 0 Å². The Bertz CT molecular complexity index is 178. The average molecular weight is 210 g/mol. The lowest BCUT2D eigenvalue weighted by Crippen LogP contribution is -2.15. The third-order valence-electron chi connectivity index (χ3n) is 3.90. The summed E-state index contributed by atoms with van der Waals surface area (Å²) in [6.45, 7) is 4.39. The van der Waals surface area contributed by atoms with Crippen LogP contribution in [-0.4, -0.2) is 5.78 Å². The molecule has 1 aliphatic carbocycles. The molecule has 0 N–H and O–H groups in total. The van der Waals surface area contributed by atoms with Gasteiger partial charge in [-0.25, -0.2) is 0 Å². The predicted octanol–water partition coefficient (Wildman–Crippen LogP) is 4.35. The van der Waals surface area contributed by atoms with Gasteiger partial charge in [0.1, 0.15) is 5.78 Å². The molecule has 1 heteroatoms. The highest BCUT2D eigenvalue weighted by molar-refractivity contribution is 5.78. The zero-order valence-corrected chi connectivity index (χ0v) is 10.4. The maximum atomic E-state index is 11.4. The van der Waals surface area contributed by atoms with Crippen LogP contribution < -0.4 is 0 Å². The van der Waals surface area contributed by atoms with Gasteiger partial charge in [-0.2, -0.15) is 0 Å². The summed E-state index contributed by atoms with van der Waals surface area (Å²) in [5.74, 6) is 2.32. The molecule has 0 aromatic carbocycles. The van der Waals surface area contributed by atoms with E-state index in [1.807, 2.05) is 0 Å². The molecule has 15 heavy (non-hydrogen) atoms. The SMILES string of the molecule is CCCC(=O)CCC1CCC(CC)CC1. The lowest BCUT2D eigenvalue weighted by molar-refractivity contribution is -0.119. The molecule has 88 valence electrons. The normalized spacial score (nSPS) is 26.5. The summed E-state index contributed by atoms with van der Waals surface area (Å²) in [6.07, 6.45) is 10.7. The molecule has 1 rings (SSSR count). The summed E-state index contributed by atoms with van der Waals surface area (Å²) in [4.78, 5) is 11.4. The van der Waals surface area contributed by atoms with E-state index >= 15 is 0 Å². The molecular weight excluding hydrogens is 184 g/mol. The van der Waals surface area contributed by atoms with Crippen molar-refractivity contribution < 1.29 is 4.79 Å². The van der Waals surface area contributed by atoms with E-state index in [2.05, 4.69) is 13.8 Å². The standard InChI is InChI=1S/C14H26O/c1-3-5-14(15)11-10-13-8-6-12(4-2)7-9-13/h12-13H,3-11H2,1-2H3. The van der Waals surface area contributed by atoms with Crippen LogP contribution in [0.15, 0.2) is 0 Å². The van der Waals surface area contributed by atoms with Crippen molar-refractivity contribution in [2.45, 2.75) is 71.6 Å². The highest BCUT2D eigenvalue weighted by Crippen LogP contribution is 2.33. The van der Waals surface area contributed by atoms with Crippen LogP contribution in [-0.2, 0) is 4.79 Å². The molecule has 1 aliphatic rings. The minimum Gasteiger partial charge on any atom is -0.300 e. The smallest absolute Gasteiger partial charge is 0.132 e. The maximum absolute atomic E-state index is 11.4. The molecule has 0 aromatic heterocycles. The number of ketones is 1. The van der Waals surface area contributed by atoms with Crippen molar-refractivity contribution in [3.05, 3.63) is 0 Å². The lowest BCUT2D eigenvalue weighted by Gasteiger charge is -2.27. The summed E-state index contributed by atoms with van der Waals surface area (Å²) >= 11 is 0. The largest absolute Gasteiger partial charge is 0.300 e. The number of carbonyl (C=O) groups excluding carboxylic acids is 1. The molecule has 0 bridgehead atoms. The monoisotopic (exact) mass is 210 g/mol. The molecule has 0 aromatic rings. The fourth-order valence-electron chi connectivity index (χ4n) is 2.70. The van der Waals surface area contributed by atoms with Gasteiger partial charge in [-0.15, -0.1) is 0 Å². The average Bonchev–Trinajstić information content (AvgIpc) is 2.27. The Morgan fingerprint density at radius 2 is 1.60 bits per heavy atom. The second kappa shape index (κ2) is 7.03. The van der Waals surface area contributed by atoms with Crippen molar-refractivity contribution in [2.75, 3.05) is 0 Å². The Hall–Kier alpha value is -0.330. The van der Waals surface area contributed by atoms with Crippen LogP contribution in [0.2, 0.25) is 0 Å². The Balaban J connectivity index is 2.10. The van der Waals surface area contributed by atoms with Crippen LogP contribution in [0.1, 0.15) is 71.6 Å². The van der Waals surface area contributed by atoms with Crippen LogP contribution in [0.4, 0.5) is 0 Å². The molecule has 0 unspecified atom stereocenters.